The van der Waals surface area contributed by atoms with Crippen molar-refractivity contribution in [3.05, 3.63) is 70.8 Å². The maximum Gasteiger partial charge on any atom is 0.416 e. The number of hydrogen-bond acceptors (Lipinski definition) is 5. The SMILES string of the molecule is O=CO[C@H](CCc1ccc(C(F)(F)F)cc1)[C@@H](C=O)CCN1C(=O)c2ccccc2C1=O. The summed E-state index contributed by atoms with van der Waals surface area (Å²) in [6.45, 7) is 0.171. The summed E-state index contributed by atoms with van der Waals surface area (Å²) in [5.74, 6) is -1.69. The number of aldehydes is 1. The molecule has 0 radical (unpaired) electrons. The molecule has 0 saturated heterocycles. The van der Waals surface area contributed by atoms with E-state index in [0.717, 1.165) is 17.0 Å². The topological polar surface area (TPSA) is 80.8 Å². The number of alkyl halides is 3. The number of amides is 2. The van der Waals surface area contributed by atoms with Crippen molar-refractivity contribution in [1.82, 2.24) is 4.90 Å². The van der Waals surface area contributed by atoms with E-state index >= 15 is 0 Å². The lowest BCUT2D eigenvalue weighted by molar-refractivity contribution is -0.139. The quantitative estimate of drug-likeness (QED) is 0.410. The van der Waals surface area contributed by atoms with Crippen molar-refractivity contribution in [2.24, 2.45) is 5.92 Å². The Kier molecular flexibility index (Phi) is 7.07. The molecule has 0 aliphatic carbocycles. The molecule has 9 heteroatoms. The van der Waals surface area contributed by atoms with E-state index in [1.807, 2.05) is 0 Å². The predicted molar refractivity (Wildman–Crippen MR) is 107 cm³/mol. The van der Waals surface area contributed by atoms with E-state index in [2.05, 4.69) is 0 Å². The van der Waals surface area contributed by atoms with E-state index in [9.17, 15) is 32.3 Å². The summed E-state index contributed by atoms with van der Waals surface area (Å²) in [6.07, 6.45) is -4.14. The number of carbonyl (C=O) groups excluding carboxylic acids is 4. The molecule has 2 atom stereocenters. The highest BCUT2D eigenvalue weighted by atomic mass is 19.4. The van der Waals surface area contributed by atoms with Crippen LogP contribution in [0.2, 0.25) is 0 Å². The van der Waals surface area contributed by atoms with Crippen LogP contribution in [0.15, 0.2) is 48.5 Å². The minimum absolute atomic E-state index is 0.0330. The van der Waals surface area contributed by atoms with Crippen LogP contribution in [0, 0.1) is 5.92 Å². The lowest BCUT2D eigenvalue weighted by Gasteiger charge is -2.23. The van der Waals surface area contributed by atoms with Crippen LogP contribution >= 0.6 is 0 Å². The molecule has 0 spiro atoms. The maximum absolute atomic E-state index is 12.7. The van der Waals surface area contributed by atoms with Gasteiger partial charge < -0.3 is 9.53 Å². The van der Waals surface area contributed by atoms with Gasteiger partial charge in [-0.25, -0.2) is 0 Å². The number of ether oxygens (including phenoxy) is 1. The van der Waals surface area contributed by atoms with Gasteiger partial charge in [-0.3, -0.25) is 19.3 Å². The third-order valence-electron chi connectivity index (χ3n) is 5.45. The van der Waals surface area contributed by atoms with E-state index in [0.29, 0.717) is 23.0 Å². The van der Waals surface area contributed by atoms with Gasteiger partial charge in [0.05, 0.1) is 22.6 Å². The van der Waals surface area contributed by atoms with Gasteiger partial charge in [-0.2, -0.15) is 13.2 Å². The van der Waals surface area contributed by atoms with Gasteiger partial charge in [0.2, 0.25) is 0 Å². The van der Waals surface area contributed by atoms with Gasteiger partial charge in [0, 0.05) is 6.54 Å². The molecule has 2 amide bonds. The lowest BCUT2D eigenvalue weighted by atomic mass is 9.94. The smallest absolute Gasteiger partial charge is 0.416 e. The van der Waals surface area contributed by atoms with Crippen LogP contribution in [0.1, 0.15) is 44.7 Å². The minimum atomic E-state index is -4.44. The molecule has 1 heterocycles. The first-order valence-corrected chi connectivity index (χ1v) is 9.92. The number of rotatable bonds is 10. The highest BCUT2D eigenvalue weighted by Crippen LogP contribution is 2.29. The third kappa shape index (κ3) is 5.04. The van der Waals surface area contributed by atoms with Crippen molar-refractivity contribution in [2.75, 3.05) is 6.54 Å². The van der Waals surface area contributed by atoms with E-state index in [4.69, 9.17) is 4.74 Å². The summed E-state index contributed by atoms with van der Waals surface area (Å²) in [5.41, 5.74) is 0.405. The number of fused-ring (bicyclic) bond motifs is 1. The van der Waals surface area contributed by atoms with Crippen molar-refractivity contribution < 1.29 is 37.1 Å². The molecule has 0 aromatic heterocycles. The van der Waals surface area contributed by atoms with E-state index < -0.39 is 35.6 Å². The monoisotopic (exact) mass is 447 g/mol. The first-order chi connectivity index (χ1) is 15.3. The number of aryl methyl sites for hydroxylation is 1. The summed E-state index contributed by atoms with van der Waals surface area (Å²) in [7, 11) is 0. The molecule has 0 bridgehead atoms. The predicted octanol–water partition coefficient (Wildman–Crippen LogP) is 3.68. The minimum Gasteiger partial charge on any atom is -0.464 e. The van der Waals surface area contributed by atoms with Gasteiger partial charge in [-0.1, -0.05) is 24.3 Å². The molecule has 6 nitrogen and oxygen atoms in total. The molecule has 2 aromatic carbocycles. The molecule has 0 fully saturated rings. The Bertz CT molecular complexity index is 968. The van der Waals surface area contributed by atoms with Gasteiger partial charge in [0.15, 0.2) is 0 Å². The van der Waals surface area contributed by atoms with Crippen molar-refractivity contribution >= 4 is 24.6 Å². The lowest BCUT2D eigenvalue weighted by Crippen LogP contribution is -2.35. The fourth-order valence-electron chi connectivity index (χ4n) is 3.69. The molecular weight excluding hydrogens is 427 g/mol. The molecule has 168 valence electrons. The zero-order chi connectivity index (χ0) is 23.3. The van der Waals surface area contributed by atoms with Crippen molar-refractivity contribution in [2.45, 2.75) is 31.5 Å². The average molecular weight is 447 g/mol. The highest BCUT2D eigenvalue weighted by Gasteiger charge is 2.36. The van der Waals surface area contributed by atoms with Crippen LogP contribution in [0.25, 0.3) is 0 Å². The first-order valence-electron chi connectivity index (χ1n) is 9.92. The second-order valence-electron chi connectivity index (χ2n) is 7.40. The number of carbonyl (C=O) groups is 4. The number of hydrogen-bond donors (Lipinski definition) is 0. The van der Waals surface area contributed by atoms with Crippen LogP contribution in [0.5, 0.6) is 0 Å². The fraction of sp³-hybridized carbons (Fsp3) is 0.304. The van der Waals surface area contributed by atoms with Gasteiger partial charge in [-0.15, -0.1) is 0 Å². The zero-order valence-corrected chi connectivity index (χ0v) is 16.9. The Labute approximate surface area is 182 Å². The normalized spacial score (nSPS) is 15.3. The van der Waals surface area contributed by atoms with Crippen molar-refractivity contribution in [3.63, 3.8) is 0 Å². The maximum atomic E-state index is 12.7. The number of benzene rings is 2. The Morgan fingerprint density at radius 2 is 1.50 bits per heavy atom. The Balaban J connectivity index is 1.62. The molecule has 3 rings (SSSR count). The Hall–Kier alpha value is -3.49. The van der Waals surface area contributed by atoms with Gasteiger partial charge in [0.25, 0.3) is 18.3 Å². The first kappa shape index (κ1) is 23.2. The molecule has 2 aromatic rings. The second kappa shape index (κ2) is 9.76. The van der Waals surface area contributed by atoms with Gasteiger partial charge in [-0.05, 0) is 49.1 Å². The molecule has 0 saturated carbocycles. The summed E-state index contributed by atoms with van der Waals surface area (Å²) in [5, 5.41) is 0. The molecular formula is C23H20F3NO5. The standard InChI is InChI=1S/C23H20F3NO5/c24-23(25,26)17-8-5-15(6-9-17)7-10-20(32-14-29)16(13-28)11-12-27-21(30)18-3-1-2-4-19(18)22(27)31/h1-6,8-9,13-14,16,20H,7,10-12H2/t16-,20-/m1/s1. The van der Waals surface area contributed by atoms with Crippen molar-refractivity contribution in [1.29, 1.82) is 0 Å². The summed E-state index contributed by atoms with van der Waals surface area (Å²) >= 11 is 0. The fourth-order valence-corrected chi connectivity index (χ4v) is 3.69. The largest absolute Gasteiger partial charge is 0.464 e. The average Bonchev–Trinajstić information content (AvgIpc) is 3.02. The van der Waals surface area contributed by atoms with Crippen LogP contribution in [-0.2, 0) is 26.9 Å². The highest BCUT2D eigenvalue weighted by molar-refractivity contribution is 6.21. The van der Waals surface area contributed by atoms with Crippen molar-refractivity contribution in [3.8, 4) is 0 Å². The van der Waals surface area contributed by atoms with Crippen LogP contribution in [0.3, 0.4) is 0 Å². The molecule has 32 heavy (non-hydrogen) atoms. The summed E-state index contributed by atoms with van der Waals surface area (Å²) in [6, 6.07) is 11.0. The van der Waals surface area contributed by atoms with Crippen LogP contribution in [-0.4, -0.2) is 42.1 Å². The van der Waals surface area contributed by atoms with E-state index in [1.54, 1.807) is 24.3 Å². The third-order valence-corrected chi connectivity index (χ3v) is 5.45. The number of imide groups is 1. The molecule has 0 unspecified atom stereocenters. The van der Waals surface area contributed by atoms with Gasteiger partial charge >= 0.3 is 6.18 Å². The Morgan fingerprint density at radius 1 is 0.906 bits per heavy atom. The molecule has 0 N–H and O–H groups in total. The van der Waals surface area contributed by atoms with Crippen LogP contribution in [0.4, 0.5) is 13.2 Å². The second-order valence-corrected chi connectivity index (χ2v) is 7.40. The summed E-state index contributed by atoms with van der Waals surface area (Å²) in [4.78, 5) is 48.6. The van der Waals surface area contributed by atoms with Crippen LogP contribution < -0.4 is 0 Å². The number of nitrogens with zero attached hydrogens (tertiary/aromatic N) is 1. The molecule has 1 aliphatic heterocycles. The summed E-state index contributed by atoms with van der Waals surface area (Å²) < 4.78 is 43.1. The zero-order valence-electron chi connectivity index (χ0n) is 16.9. The molecule has 1 aliphatic rings. The number of halogens is 3. The Morgan fingerprint density at radius 3 is 2.00 bits per heavy atom. The van der Waals surface area contributed by atoms with E-state index in [1.165, 1.54) is 12.1 Å². The van der Waals surface area contributed by atoms with Gasteiger partial charge in [0.1, 0.15) is 12.4 Å². The van der Waals surface area contributed by atoms with E-state index in [-0.39, 0.29) is 32.3 Å².